The first kappa shape index (κ1) is 20.7. The fourth-order valence-electron chi connectivity index (χ4n) is 3.05. The van der Waals surface area contributed by atoms with Crippen molar-refractivity contribution in [3.8, 4) is 0 Å². The standard InChI is InChI=1S/C19H29N5O3/c1-12(22-14(3)25)10-16-13(2)17(11-21-19(27)18(26)6-8-20)24(23-16)9-7-15-4-5-15/h6,8,12,15,20,26H,4-5,7,9-11H2,1-3H3,(H,21,27)(H,22,25)/b18-6-,20-8?/t12-/m0/s1. The minimum Gasteiger partial charge on any atom is -0.503 e. The Kier molecular flexibility index (Phi) is 7.15. The smallest absolute Gasteiger partial charge is 0.286 e. The molecule has 148 valence electrons. The molecule has 0 aliphatic heterocycles. The van der Waals surface area contributed by atoms with Crippen LogP contribution in [0, 0.1) is 18.3 Å². The number of nitrogens with zero attached hydrogens (tertiary/aromatic N) is 2. The minimum absolute atomic E-state index is 0.0324. The summed E-state index contributed by atoms with van der Waals surface area (Å²) >= 11 is 0. The number of carbonyl (C=O) groups is 2. The summed E-state index contributed by atoms with van der Waals surface area (Å²) in [5.74, 6) is -0.431. The molecule has 0 spiro atoms. The van der Waals surface area contributed by atoms with Crippen LogP contribution in [0.25, 0.3) is 0 Å². The molecule has 8 nitrogen and oxygen atoms in total. The van der Waals surface area contributed by atoms with E-state index in [1.807, 2.05) is 18.5 Å². The van der Waals surface area contributed by atoms with Gasteiger partial charge in [0.05, 0.1) is 17.9 Å². The molecule has 1 aliphatic carbocycles. The second-order valence-electron chi connectivity index (χ2n) is 7.18. The number of aryl methyl sites for hydroxylation is 1. The number of aromatic nitrogens is 2. The van der Waals surface area contributed by atoms with E-state index in [0.29, 0.717) is 6.42 Å². The molecule has 0 aromatic carbocycles. The van der Waals surface area contributed by atoms with Crippen LogP contribution in [0.1, 0.15) is 50.1 Å². The first-order valence-electron chi connectivity index (χ1n) is 9.32. The summed E-state index contributed by atoms with van der Waals surface area (Å²) in [4.78, 5) is 23.2. The predicted molar refractivity (Wildman–Crippen MR) is 103 cm³/mol. The lowest BCUT2D eigenvalue weighted by Crippen LogP contribution is -2.32. The molecule has 1 heterocycles. The van der Waals surface area contributed by atoms with Gasteiger partial charge in [0.2, 0.25) is 5.91 Å². The number of nitrogens with one attached hydrogen (secondary N) is 3. The topological polar surface area (TPSA) is 120 Å². The molecule has 0 radical (unpaired) electrons. The maximum atomic E-state index is 11.9. The number of carbonyl (C=O) groups excluding carboxylic acids is 2. The van der Waals surface area contributed by atoms with Gasteiger partial charge >= 0.3 is 0 Å². The third kappa shape index (κ3) is 6.23. The summed E-state index contributed by atoms with van der Waals surface area (Å²) in [7, 11) is 0. The molecule has 1 atom stereocenters. The molecule has 1 saturated carbocycles. The number of hydrogen-bond donors (Lipinski definition) is 4. The van der Waals surface area contributed by atoms with Crippen molar-refractivity contribution in [3.63, 3.8) is 0 Å². The summed E-state index contributed by atoms with van der Waals surface area (Å²) in [6.45, 7) is 6.42. The van der Waals surface area contributed by atoms with Crippen molar-refractivity contribution in [2.24, 2.45) is 5.92 Å². The molecule has 1 aromatic rings. The fourth-order valence-corrected chi connectivity index (χ4v) is 3.05. The highest BCUT2D eigenvalue weighted by Crippen LogP contribution is 2.33. The number of aliphatic hydroxyl groups is 1. The van der Waals surface area contributed by atoms with Crippen molar-refractivity contribution in [2.75, 3.05) is 0 Å². The average molecular weight is 375 g/mol. The van der Waals surface area contributed by atoms with Crippen molar-refractivity contribution in [1.82, 2.24) is 20.4 Å². The first-order valence-corrected chi connectivity index (χ1v) is 9.32. The van der Waals surface area contributed by atoms with Gasteiger partial charge < -0.3 is 21.1 Å². The van der Waals surface area contributed by atoms with Crippen molar-refractivity contribution >= 4 is 18.0 Å². The molecule has 0 unspecified atom stereocenters. The Labute approximate surface area is 159 Å². The van der Waals surface area contributed by atoms with Crippen LogP contribution in [0.2, 0.25) is 0 Å². The van der Waals surface area contributed by atoms with Crippen LogP contribution in [0.15, 0.2) is 11.8 Å². The Bertz CT molecular complexity index is 734. The maximum Gasteiger partial charge on any atom is 0.286 e. The average Bonchev–Trinajstić information content (AvgIpc) is 3.37. The van der Waals surface area contributed by atoms with Crippen molar-refractivity contribution in [2.45, 2.75) is 65.6 Å². The number of rotatable bonds is 10. The highest BCUT2D eigenvalue weighted by molar-refractivity contribution is 5.94. The first-order chi connectivity index (χ1) is 12.8. The molecule has 0 bridgehead atoms. The number of amides is 2. The molecule has 1 aromatic heterocycles. The zero-order valence-electron chi connectivity index (χ0n) is 16.2. The SMILES string of the molecule is CC(=O)N[C@@H](C)Cc1nn(CCC2CC2)c(CNC(=O)/C(O)=C/C=N)c1C. The highest BCUT2D eigenvalue weighted by Gasteiger charge is 2.23. The molecule has 8 heteroatoms. The normalized spacial score (nSPS) is 15.3. The van der Waals surface area contributed by atoms with Gasteiger partial charge in [-0.05, 0) is 31.7 Å². The van der Waals surface area contributed by atoms with Crippen molar-refractivity contribution in [1.29, 1.82) is 5.41 Å². The lowest BCUT2D eigenvalue weighted by atomic mass is 10.1. The number of hydrogen-bond acceptors (Lipinski definition) is 5. The van der Waals surface area contributed by atoms with Gasteiger partial charge in [0, 0.05) is 38.2 Å². The van der Waals surface area contributed by atoms with Crippen LogP contribution >= 0.6 is 0 Å². The van der Waals surface area contributed by atoms with E-state index in [4.69, 9.17) is 10.5 Å². The molecular formula is C19H29N5O3. The van der Waals surface area contributed by atoms with Crippen LogP contribution in [-0.2, 0) is 29.1 Å². The highest BCUT2D eigenvalue weighted by atomic mass is 16.3. The second kappa shape index (κ2) is 9.34. The number of allylic oxidation sites excluding steroid dienone is 1. The largest absolute Gasteiger partial charge is 0.503 e. The minimum atomic E-state index is -0.624. The van der Waals surface area contributed by atoms with E-state index in [1.54, 1.807) is 0 Å². The van der Waals surface area contributed by atoms with E-state index in [0.717, 1.165) is 48.1 Å². The second-order valence-corrected chi connectivity index (χ2v) is 7.18. The van der Waals surface area contributed by atoms with Crippen LogP contribution in [0.3, 0.4) is 0 Å². The molecular weight excluding hydrogens is 346 g/mol. The molecule has 0 saturated heterocycles. The molecule has 1 aliphatic rings. The van der Waals surface area contributed by atoms with Gasteiger partial charge in [-0.15, -0.1) is 0 Å². The third-order valence-corrected chi connectivity index (χ3v) is 4.70. The number of aliphatic hydroxyl groups excluding tert-OH is 1. The molecule has 4 N–H and O–H groups in total. The molecule has 27 heavy (non-hydrogen) atoms. The monoisotopic (exact) mass is 375 g/mol. The van der Waals surface area contributed by atoms with Crippen LogP contribution in [0.4, 0.5) is 0 Å². The van der Waals surface area contributed by atoms with Gasteiger partial charge in [-0.25, -0.2) is 0 Å². The Morgan fingerprint density at radius 2 is 2.15 bits per heavy atom. The molecule has 1 fully saturated rings. The van der Waals surface area contributed by atoms with E-state index in [9.17, 15) is 14.7 Å². The van der Waals surface area contributed by atoms with Crippen molar-refractivity contribution < 1.29 is 14.7 Å². The van der Waals surface area contributed by atoms with Crippen molar-refractivity contribution in [3.05, 3.63) is 28.8 Å². The zero-order chi connectivity index (χ0) is 20.0. The lowest BCUT2D eigenvalue weighted by molar-refractivity contribution is -0.120. The maximum absolute atomic E-state index is 11.9. The van der Waals surface area contributed by atoms with Crippen LogP contribution in [0.5, 0.6) is 0 Å². The Balaban J connectivity index is 2.13. The summed E-state index contributed by atoms with van der Waals surface area (Å²) < 4.78 is 1.93. The lowest BCUT2D eigenvalue weighted by Gasteiger charge is -2.11. The third-order valence-electron chi connectivity index (χ3n) is 4.70. The van der Waals surface area contributed by atoms with Gasteiger partial charge in [-0.1, -0.05) is 12.8 Å². The summed E-state index contributed by atoms with van der Waals surface area (Å²) in [5.41, 5.74) is 2.78. The van der Waals surface area contributed by atoms with Gasteiger partial charge in [-0.2, -0.15) is 5.10 Å². The van der Waals surface area contributed by atoms with E-state index in [1.165, 1.54) is 19.8 Å². The van der Waals surface area contributed by atoms with Gasteiger partial charge in [-0.3, -0.25) is 14.3 Å². The zero-order valence-corrected chi connectivity index (χ0v) is 16.2. The predicted octanol–water partition coefficient (Wildman–Crippen LogP) is 1.77. The van der Waals surface area contributed by atoms with E-state index in [-0.39, 0.29) is 18.5 Å². The fraction of sp³-hybridized carbons (Fsp3) is 0.579. The van der Waals surface area contributed by atoms with Crippen LogP contribution < -0.4 is 10.6 Å². The summed E-state index contributed by atoms with van der Waals surface area (Å²) in [6, 6.07) is -0.0324. The molecule has 2 amide bonds. The van der Waals surface area contributed by atoms with Gasteiger partial charge in [0.1, 0.15) is 0 Å². The van der Waals surface area contributed by atoms with Crippen LogP contribution in [-0.4, -0.2) is 39.0 Å². The molecule has 2 rings (SSSR count). The quantitative estimate of drug-likeness (QED) is 0.283. The van der Waals surface area contributed by atoms with E-state index in [2.05, 4.69) is 10.6 Å². The van der Waals surface area contributed by atoms with E-state index >= 15 is 0 Å². The summed E-state index contributed by atoms with van der Waals surface area (Å²) in [5, 5.41) is 26.7. The van der Waals surface area contributed by atoms with Gasteiger partial charge in [0.25, 0.3) is 5.91 Å². The Hall–Kier alpha value is -2.64. The Morgan fingerprint density at radius 3 is 2.74 bits per heavy atom. The van der Waals surface area contributed by atoms with E-state index < -0.39 is 11.7 Å². The summed E-state index contributed by atoms with van der Waals surface area (Å²) in [6.07, 6.45) is 6.10. The Morgan fingerprint density at radius 1 is 1.44 bits per heavy atom. The van der Waals surface area contributed by atoms with Gasteiger partial charge in [0.15, 0.2) is 5.76 Å².